The smallest absolute Gasteiger partial charge is 0.335 e. The van der Waals surface area contributed by atoms with E-state index < -0.39 is 12.0 Å². The molecule has 2 aromatic heterocycles. The summed E-state index contributed by atoms with van der Waals surface area (Å²) in [5, 5.41) is 12.8. The molecule has 8 nitrogen and oxygen atoms in total. The second-order valence-corrected chi connectivity index (χ2v) is 14.9. The molecule has 4 heterocycles. The first-order valence-corrected chi connectivity index (χ1v) is 18.9. The van der Waals surface area contributed by atoms with Crippen molar-refractivity contribution in [2.45, 2.75) is 50.5 Å². The van der Waals surface area contributed by atoms with E-state index in [9.17, 15) is 14.7 Å². The second-order valence-electron chi connectivity index (χ2n) is 14.4. The van der Waals surface area contributed by atoms with Gasteiger partial charge in [-0.15, -0.1) is 0 Å². The largest absolute Gasteiger partial charge is 0.497 e. The SMILES string of the molecule is COc1ccc(-c2ccc(Cl)cc2)c(-c2ccc3c4c(ccc3n2)-c2c(C3CCCCC3)c3ccc(C(=O)O)cc3n2C(C(=O)N2CCOCC2)C4)c1. The summed E-state index contributed by atoms with van der Waals surface area (Å²) in [4.78, 5) is 34.2. The van der Waals surface area contributed by atoms with E-state index in [0.29, 0.717) is 43.7 Å². The fraction of sp³-hybridized carbons (Fsp3) is 0.295. The van der Waals surface area contributed by atoms with Crippen LogP contribution in [0.25, 0.3) is 55.4 Å². The fourth-order valence-electron chi connectivity index (χ4n) is 8.95. The maximum atomic E-state index is 14.7. The van der Waals surface area contributed by atoms with Gasteiger partial charge in [0.25, 0.3) is 0 Å². The first-order chi connectivity index (χ1) is 25.9. The third-order valence-electron chi connectivity index (χ3n) is 11.5. The Hall–Kier alpha value is -5.18. The highest BCUT2D eigenvalue weighted by Crippen LogP contribution is 2.50. The molecule has 1 unspecified atom stereocenters. The molecule has 1 N–H and O–H groups in total. The quantitative estimate of drug-likeness (QED) is 0.184. The number of carbonyl (C=O) groups is 2. The number of halogens is 1. The summed E-state index contributed by atoms with van der Waals surface area (Å²) in [5.74, 6) is 0.123. The van der Waals surface area contributed by atoms with Crippen molar-refractivity contribution in [2.75, 3.05) is 33.4 Å². The van der Waals surface area contributed by atoms with Crippen LogP contribution >= 0.6 is 11.6 Å². The molecule has 268 valence electrons. The topological polar surface area (TPSA) is 93.9 Å². The summed E-state index contributed by atoms with van der Waals surface area (Å²) >= 11 is 6.24. The van der Waals surface area contributed by atoms with Gasteiger partial charge in [-0.1, -0.05) is 67.3 Å². The monoisotopic (exact) mass is 725 g/mol. The number of pyridine rings is 1. The maximum absolute atomic E-state index is 14.7. The van der Waals surface area contributed by atoms with Crippen LogP contribution < -0.4 is 4.74 Å². The van der Waals surface area contributed by atoms with E-state index in [1.807, 2.05) is 47.4 Å². The van der Waals surface area contributed by atoms with Gasteiger partial charge in [0.2, 0.25) is 5.91 Å². The number of carboxylic acid groups (broad SMARTS) is 1. The Labute approximate surface area is 312 Å². The maximum Gasteiger partial charge on any atom is 0.335 e. The van der Waals surface area contributed by atoms with Gasteiger partial charge in [0.05, 0.1) is 48.3 Å². The molecule has 9 rings (SSSR count). The van der Waals surface area contributed by atoms with Gasteiger partial charge < -0.3 is 24.0 Å². The molecule has 1 saturated heterocycles. The summed E-state index contributed by atoms with van der Waals surface area (Å²) in [6.45, 7) is 2.07. The molecule has 0 spiro atoms. The van der Waals surface area contributed by atoms with Crippen LogP contribution in [0.3, 0.4) is 0 Å². The summed E-state index contributed by atoms with van der Waals surface area (Å²) < 4.78 is 13.5. The van der Waals surface area contributed by atoms with Crippen molar-refractivity contribution in [3.05, 3.63) is 107 Å². The minimum absolute atomic E-state index is 0.0404. The Bertz CT molecular complexity index is 2410. The van der Waals surface area contributed by atoms with E-state index in [1.165, 1.54) is 12.0 Å². The third kappa shape index (κ3) is 5.85. The number of aromatic nitrogens is 2. The Morgan fingerprint density at radius 1 is 0.849 bits per heavy atom. The second kappa shape index (κ2) is 13.7. The van der Waals surface area contributed by atoms with E-state index in [2.05, 4.69) is 34.9 Å². The van der Waals surface area contributed by atoms with E-state index in [0.717, 1.165) is 92.4 Å². The van der Waals surface area contributed by atoms with Crippen molar-refractivity contribution >= 4 is 45.3 Å². The van der Waals surface area contributed by atoms with Gasteiger partial charge in [0.15, 0.2) is 0 Å². The lowest BCUT2D eigenvalue weighted by Crippen LogP contribution is -2.45. The summed E-state index contributed by atoms with van der Waals surface area (Å²) in [5.41, 5.74) is 10.2. The Morgan fingerprint density at radius 2 is 1.60 bits per heavy atom. The molecule has 9 heteroatoms. The zero-order valence-electron chi connectivity index (χ0n) is 29.6. The molecule has 4 aromatic carbocycles. The van der Waals surface area contributed by atoms with Crippen LogP contribution in [0.1, 0.15) is 65.5 Å². The molecule has 1 amide bonds. The van der Waals surface area contributed by atoms with Gasteiger partial charge >= 0.3 is 5.97 Å². The van der Waals surface area contributed by atoms with Crippen LogP contribution in [0.4, 0.5) is 0 Å². The van der Waals surface area contributed by atoms with Gasteiger partial charge in [-0.3, -0.25) is 4.79 Å². The van der Waals surface area contributed by atoms with Gasteiger partial charge in [-0.25, -0.2) is 9.78 Å². The number of carbonyl (C=O) groups excluding carboxylic acids is 1. The number of aromatic carboxylic acids is 1. The summed E-state index contributed by atoms with van der Waals surface area (Å²) in [6, 6.07) is 27.3. The Morgan fingerprint density at radius 3 is 2.36 bits per heavy atom. The van der Waals surface area contributed by atoms with E-state index in [1.54, 1.807) is 19.2 Å². The molecule has 2 fully saturated rings. The van der Waals surface area contributed by atoms with E-state index in [-0.39, 0.29) is 11.5 Å². The summed E-state index contributed by atoms with van der Waals surface area (Å²) in [6.07, 6.45) is 6.13. The molecule has 2 aliphatic heterocycles. The minimum Gasteiger partial charge on any atom is -0.497 e. The average molecular weight is 726 g/mol. The number of benzene rings is 4. The molecule has 6 aromatic rings. The molecular weight excluding hydrogens is 686 g/mol. The van der Waals surface area contributed by atoms with Crippen LogP contribution in [-0.2, 0) is 16.0 Å². The van der Waals surface area contributed by atoms with Gasteiger partial charge in [-0.2, -0.15) is 0 Å². The van der Waals surface area contributed by atoms with Crippen molar-refractivity contribution in [1.29, 1.82) is 0 Å². The Kier molecular flexibility index (Phi) is 8.67. The molecule has 0 bridgehead atoms. The number of amides is 1. The van der Waals surface area contributed by atoms with Crippen LogP contribution in [0.2, 0.25) is 5.02 Å². The van der Waals surface area contributed by atoms with Crippen molar-refractivity contribution in [3.8, 4) is 39.4 Å². The van der Waals surface area contributed by atoms with Crippen molar-refractivity contribution in [3.63, 3.8) is 0 Å². The first-order valence-electron chi connectivity index (χ1n) is 18.5. The van der Waals surface area contributed by atoms with E-state index in [4.69, 9.17) is 26.1 Å². The van der Waals surface area contributed by atoms with Crippen molar-refractivity contribution in [1.82, 2.24) is 14.5 Å². The predicted octanol–water partition coefficient (Wildman–Crippen LogP) is 9.55. The standard InChI is InChI=1S/C44H40ClN3O5/c1-52-30-12-14-31(26-7-10-29(45)11-8-26)36(24-30)38-17-15-32-35-25-40(43(49)47-19-21-53-22-20-47)48-39-23-28(44(50)51)9-13-34(39)41(27-5-3-2-4-6-27)42(48)33(35)16-18-37(32)46-38/h7-18,23-24,27,40H,2-6,19-22,25H2,1H3,(H,50,51). The van der Waals surface area contributed by atoms with E-state index >= 15 is 0 Å². The summed E-state index contributed by atoms with van der Waals surface area (Å²) in [7, 11) is 1.67. The number of nitrogens with zero attached hydrogens (tertiary/aromatic N) is 3. The lowest BCUT2D eigenvalue weighted by atomic mass is 9.80. The number of carboxylic acids is 1. The molecule has 53 heavy (non-hydrogen) atoms. The number of ether oxygens (including phenoxy) is 2. The number of fused-ring (bicyclic) bond motifs is 7. The number of methoxy groups -OCH3 is 1. The molecule has 1 atom stereocenters. The van der Waals surface area contributed by atoms with Crippen LogP contribution in [-0.4, -0.2) is 64.8 Å². The van der Waals surface area contributed by atoms with Gasteiger partial charge in [0, 0.05) is 46.4 Å². The molecule has 1 saturated carbocycles. The lowest BCUT2D eigenvalue weighted by Gasteiger charge is -2.35. The predicted molar refractivity (Wildman–Crippen MR) is 208 cm³/mol. The Balaban J connectivity index is 1.26. The van der Waals surface area contributed by atoms with Crippen LogP contribution in [0.5, 0.6) is 5.75 Å². The minimum atomic E-state index is -0.975. The van der Waals surface area contributed by atoms with Crippen molar-refractivity contribution in [2.24, 2.45) is 0 Å². The number of morpholine rings is 1. The van der Waals surface area contributed by atoms with Crippen LogP contribution in [0.15, 0.2) is 84.9 Å². The number of hydrogen-bond donors (Lipinski definition) is 1. The molecule has 1 aliphatic carbocycles. The zero-order chi connectivity index (χ0) is 36.2. The van der Waals surface area contributed by atoms with Crippen LogP contribution in [0, 0.1) is 0 Å². The average Bonchev–Trinajstić information content (AvgIpc) is 3.55. The van der Waals surface area contributed by atoms with Crippen molar-refractivity contribution < 1.29 is 24.2 Å². The normalized spacial score (nSPS) is 17.5. The highest BCUT2D eigenvalue weighted by molar-refractivity contribution is 6.30. The molecule has 3 aliphatic rings. The van der Waals surface area contributed by atoms with Gasteiger partial charge in [-0.05, 0) is 89.5 Å². The fourth-order valence-corrected chi connectivity index (χ4v) is 9.08. The zero-order valence-corrected chi connectivity index (χ0v) is 30.4. The molecular formula is C44H40ClN3O5. The van der Waals surface area contributed by atoms with Gasteiger partial charge in [0.1, 0.15) is 11.8 Å². The molecule has 0 radical (unpaired) electrons. The highest BCUT2D eigenvalue weighted by Gasteiger charge is 2.39. The number of hydrogen-bond acceptors (Lipinski definition) is 5. The first kappa shape index (κ1) is 33.6. The lowest BCUT2D eigenvalue weighted by molar-refractivity contribution is -0.138. The highest BCUT2D eigenvalue weighted by atomic mass is 35.5. The third-order valence-corrected chi connectivity index (χ3v) is 11.8. The number of rotatable bonds is 6.